The monoisotopic (exact) mass is 415 g/mol. The fraction of sp³-hybridized carbons (Fsp3) is 0.200. The fourth-order valence-electron chi connectivity index (χ4n) is 2.02. The molecule has 0 bridgehead atoms. The number of hydrogen-bond donors (Lipinski definition) is 1. The molecule has 0 amide bonds. The van der Waals surface area contributed by atoms with E-state index in [2.05, 4.69) is 88.8 Å². The van der Waals surface area contributed by atoms with Crippen LogP contribution in [-0.4, -0.2) is 0 Å². The zero-order chi connectivity index (χ0) is 13.3. The van der Waals surface area contributed by atoms with Crippen LogP contribution in [-0.2, 0) is 0 Å². The van der Waals surface area contributed by atoms with Crippen LogP contribution in [0.3, 0.4) is 0 Å². The quantitative estimate of drug-likeness (QED) is 0.705. The third-order valence-electron chi connectivity index (χ3n) is 3.06. The van der Waals surface area contributed by atoms with Gasteiger partial charge >= 0.3 is 0 Å². The average Bonchev–Trinajstić information content (AvgIpc) is 2.34. The van der Waals surface area contributed by atoms with Crippen LogP contribution in [0.1, 0.15) is 28.3 Å². The van der Waals surface area contributed by atoms with E-state index in [1.807, 2.05) is 0 Å². The molecule has 0 radical (unpaired) electrons. The molecule has 0 saturated heterocycles. The Hall–Kier alpha value is -0.390. The van der Waals surface area contributed by atoms with E-state index in [1.165, 1.54) is 20.3 Å². The summed E-state index contributed by atoms with van der Waals surface area (Å²) in [5, 5.41) is 0. The minimum atomic E-state index is -0.0889. The van der Waals surface area contributed by atoms with Crippen molar-refractivity contribution in [1.29, 1.82) is 0 Å². The van der Waals surface area contributed by atoms with Gasteiger partial charge in [-0.05, 0) is 71.3 Å². The first-order valence-corrected chi connectivity index (χ1v) is 7.64. The Bertz CT molecular complexity index is 529. The summed E-state index contributed by atoms with van der Waals surface area (Å²) in [4.78, 5) is 0. The Labute approximate surface area is 130 Å². The summed E-state index contributed by atoms with van der Waals surface area (Å²) >= 11 is 5.90. The third-order valence-corrected chi connectivity index (χ3v) is 4.46. The predicted octanol–water partition coefficient (Wildman–Crippen LogP) is 4.72. The average molecular weight is 416 g/mol. The fourth-order valence-corrected chi connectivity index (χ4v) is 3.02. The molecule has 0 aliphatic heterocycles. The number of halogens is 2. The van der Waals surface area contributed by atoms with Gasteiger partial charge in [0.15, 0.2) is 0 Å². The zero-order valence-electron chi connectivity index (χ0n) is 10.4. The molecule has 2 aromatic rings. The van der Waals surface area contributed by atoms with Gasteiger partial charge in [0, 0.05) is 8.04 Å². The predicted molar refractivity (Wildman–Crippen MR) is 88.8 cm³/mol. The second-order valence-electron chi connectivity index (χ2n) is 4.50. The van der Waals surface area contributed by atoms with Crippen LogP contribution in [0.25, 0.3) is 0 Å². The van der Waals surface area contributed by atoms with Crippen LogP contribution in [0.4, 0.5) is 0 Å². The zero-order valence-corrected chi connectivity index (χ0v) is 14.1. The molecule has 2 aromatic carbocycles. The SMILES string of the molecule is Cc1ccc(C)c(C(N)c2cc(I)ccc2Br)c1. The van der Waals surface area contributed by atoms with Gasteiger partial charge in [-0.3, -0.25) is 0 Å². The first-order valence-electron chi connectivity index (χ1n) is 5.76. The van der Waals surface area contributed by atoms with Crippen LogP contribution in [0, 0.1) is 17.4 Å². The molecule has 0 fully saturated rings. The van der Waals surface area contributed by atoms with Crippen molar-refractivity contribution in [1.82, 2.24) is 0 Å². The Morgan fingerprint density at radius 1 is 1.06 bits per heavy atom. The van der Waals surface area contributed by atoms with Crippen molar-refractivity contribution >= 4 is 38.5 Å². The van der Waals surface area contributed by atoms with Crippen molar-refractivity contribution in [3.8, 4) is 0 Å². The van der Waals surface area contributed by atoms with Crippen molar-refractivity contribution in [3.63, 3.8) is 0 Å². The Kier molecular flexibility index (Phi) is 4.45. The normalized spacial score (nSPS) is 12.5. The molecule has 94 valence electrons. The summed E-state index contributed by atoms with van der Waals surface area (Å²) in [7, 11) is 0. The smallest absolute Gasteiger partial charge is 0.0565 e. The lowest BCUT2D eigenvalue weighted by Crippen LogP contribution is -2.14. The molecule has 2 rings (SSSR count). The molecule has 0 aromatic heterocycles. The third kappa shape index (κ3) is 2.95. The van der Waals surface area contributed by atoms with Gasteiger partial charge in [-0.2, -0.15) is 0 Å². The highest BCUT2D eigenvalue weighted by Gasteiger charge is 2.14. The van der Waals surface area contributed by atoms with Crippen LogP contribution in [0.5, 0.6) is 0 Å². The van der Waals surface area contributed by atoms with Crippen molar-refractivity contribution in [2.75, 3.05) is 0 Å². The van der Waals surface area contributed by atoms with Gasteiger partial charge in [0.25, 0.3) is 0 Å². The molecule has 0 spiro atoms. The number of nitrogens with two attached hydrogens (primary N) is 1. The highest BCUT2D eigenvalue weighted by atomic mass is 127. The summed E-state index contributed by atoms with van der Waals surface area (Å²) in [5.41, 5.74) is 11.2. The van der Waals surface area contributed by atoms with Crippen LogP contribution in [0.15, 0.2) is 40.9 Å². The second-order valence-corrected chi connectivity index (χ2v) is 6.60. The van der Waals surface area contributed by atoms with Crippen LogP contribution >= 0.6 is 38.5 Å². The standard InChI is InChI=1S/C15H15BrIN/c1-9-3-4-10(2)12(7-9)15(18)13-8-11(17)5-6-14(13)16/h3-8,15H,18H2,1-2H3. The molecule has 0 aliphatic carbocycles. The molecular formula is C15H15BrIN. The van der Waals surface area contributed by atoms with E-state index >= 15 is 0 Å². The number of hydrogen-bond acceptors (Lipinski definition) is 1. The van der Waals surface area contributed by atoms with Crippen molar-refractivity contribution in [3.05, 3.63) is 66.7 Å². The van der Waals surface area contributed by atoms with Crippen LogP contribution in [0.2, 0.25) is 0 Å². The lowest BCUT2D eigenvalue weighted by molar-refractivity contribution is 0.853. The van der Waals surface area contributed by atoms with Gasteiger partial charge in [0.1, 0.15) is 0 Å². The van der Waals surface area contributed by atoms with E-state index in [0.717, 1.165) is 10.0 Å². The van der Waals surface area contributed by atoms with Crippen molar-refractivity contribution < 1.29 is 0 Å². The largest absolute Gasteiger partial charge is 0.320 e. The summed E-state index contributed by atoms with van der Waals surface area (Å²) in [6.07, 6.45) is 0. The topological polar surface area (TPSA) is 26.0 Å². The Morgan fingerprint density at radius 2 is 1.78 bits per heavy atom. The molecule has 0 aliphatic rings. The Balaban J connectivity index is 2.50. The summed E-state index contributed by atoms with van der Waals surface area (Å²) in [6.45, 7) is 4.20. The van der Waals surface area contributed by atoms with Gasteiger partial charge in [-0.25, -0.2) is 0 Å². The molecule has 0 heterocycles. The molecule has 1 nitrogen and oxygen atoms in total. The van der Waals surface area contributed by atoms with Gasteiger partial charge < -0.3 is 5.73 Å². The lowest BCUT2D eigenvalue weighted by atomic mass is 9.94. The maximum absolute atomic E-state index is 6.42. The van der Waals surface area contributed by atoms with Gasteiger partial charge in [-0.15, -0.1) is 0 Å². The first kappa shape index (κ1) is 14.0. The van der Waals surface area contributed by atoms with E-state index in [0.29, 0.717) is 0 Å². The number of rotatable bonds is 2. The minimum Gasteiger partial charge on any atom is -0.320 e. The second kappa shape index (κ2) is 5.72. The van der Waals surface area contributed by atoms with Gasteiger partial charge in [-0.1, -0.05) is 39.7 Å². The van der Waals surface area contributed by atoms with Crippen molar-refractivity contribution in [2.24, 2.45) is 5.73 Å². The molecule has 2 N–H and O–H groups in total. The van der Waals surface area contributed by atoms with E-state index < -0.39 is 0 Å². The highest BCUT2D eigenvalue weighted by Crippen LogP contribution is 2.30. The van der Waals surface area contributed by atoms with E-state index in [9.17, 15) is 0 Å². The summed E-state index contributed by atoms with van der Waals surface area (Å²) in [6, 6.07) is 12.6. The summed E-state index contributed by atoms with van der Waals surface area (Å²) < 4.78 is 2.27. The number of aryl methyl sites for hydroxylation is 2. The molecular weight excluding hydrogens is 401 g/mol. The van der Waals surface area contributed by atoms with Gasteiger partial charge in [0.05, 0.1) is 6.04 Å². The maximum Gasteiger partial charge on any atom is 0.0565 e. The molecule has 3 heteroatoms. The molecule has 1 atom stereocenters. The minimum absolute atomic E-state index is 0.0889. The maximum atomic E-state index is 6.42. The highest BCUT2D eigenvalue weighted by molar-refractivity contribution is 14.1. The number of benzene rings is 2. The molecule has 1 unspecified atom stereocenters. The van der Waals surface area contributed by atoms with Crippen molar-refractivity contribution in [2.45, 2.75) is 19.9 Å². The summed E-state index contributed by atoms with van der Waals surface area (Å²) in [5.74, 6) is 0. The van der Waals surface area contributed by atoms with E-state index in [-0.39, 0.29) is 6.04 Å². The van der Waals surface area contributed by atoms with Crippen LogP contribution < -0.4 is 5.73 Å². The molecule has 18 heavy (non-hydrogen) atoms. The van der Waals surface area contributed by atoms with E-state index in [1.54, 1.807) is 0 Å². The Morgan fingerprint density at radius 3 is 2.50 bits per heavy atom. The lowest BCUT2D eigenvalue weighted by Gasteiger charge is -2.18. The van der Waals surface area contributed by atoms with E-state index in [4.69, 9.17) is 5.73 Å². The van der Waals surface area contributed by atoms with Gasteiger partial charge in [0.2, 0.25) is 0 Å². The molecule has 0 saturated carbocycles. The first-order chi connectivity index (χ1) is 8.49.